The quantitative estimate of drug-likeness (QED) is 0.743. The van der Waals surface area contributed by atoms with Crippen LogP contribution in [0.25, 0.3) is 0 Å². The highest BCUT2D eigenvalue weighted by molar-refractivity contribution is 9.10. The van der Waals surface area contributed by atoms with Gasteiger partial charge in [-0.2, -0.15) is 0 Å². The molecule has 0 spiro atoms. The molecule has 0 aliphatic rings. The van der Waals surface area contributed by atoms with E-state index in [4.69, 9.17) is 4.74 Å². The molecule has 1 amide bonds. The van der Waals surface area contributed by atoms with Crippen molar-refractivity contribution in [3.05, 3.63) is 58.1 Å². The molecule has 0 fully saturated rings. The number of rotatable bonds is 6. The lowest BCUT2D eigenvalue weighted by Gasteiger charge is -2.16. The van der Waals surface area contributed by atoms with Gasteiger partial charge in [0.2, 0.25) is 10.0 Å². The third-order valence-corrected chi connectivity index (χ3v) is 5.61. The Morgan fingerprint density at radius 3 is 2.52 bits per heavy atom. The molecule has 2 aromatic carbocycles. The second-order valence-electron chi connectivity index (χ2n) is 5.32. The minimum absolute atomic E-state index is 0.0831. The summed E-state index contributed by atoms with van der Waals surface area (Å²) in [5.41, 5.74) is 1.16. The Balaban J connectivity index is 2.29. The number of nitrogens with one attached hydrogen (secondary N) is 2. The molecule has 0 saturated heterocycles. The summed E-state index contributed by atoms with van der Waals surface area (Å²) in [5.74, 6) is -0.200. The minimum atomic E-state index is -3.74. The van der Waals surface area contributed by atoms with E-state index in [1.807, 2.05) is 31.2 Å². The Hall–Kier alpha value is -1.90. The van der Waals surface area contributed by atoms with Gasteiger partial charge in [-0.15, -0.1) is 0 Å². The molecule has 0 aliphatic heterocycles. The first-order chi connectivity index (χ1) is 11.8. The Morgan fingerprint density at radius 2 is 1.92 bits per heavy atom. The van der Waals surface area contributed by atoms with Crippen molar-refractivity contribution in [2.45, 2.75) is 17.9 Å². The van der Waals surface area contributed by atoms with Crippen LogP contribution in [0.4, 0.5) is 0 Å². The Bertz CT molecular complexity index is 884. The zero-order valence-electron chi connectivity index (χ0n) is 14.0. The summed E-state index contributed by atoms with van der Waals surface area (Å²) in [6, 6.07) is 11.6. The van der Waals surface area contributed by atoms with Crippen LogP contribution in [-0.2, 0) is 10.0 Å². The first-order valence-corrected chi connectivity index (χ1v) is 9.74. The van der Waals surface area contributed by atoms with Crippen molar-refractivity contribution in [1.82, 2.24) is 10.0 Å². The van der Waals surface area contributed by atoms with Crippen molar-refractivity contribution in [2.24, 2.45) is 0 Å². The summed E-state index contributed by atoms with van der Waals surface area (Å²) in [5, 5.41) is 2.86. The van der Waals surface area contributed by atoms with E-state index in [1.165, 1.54) is 32.4 Å². The molecule has 2 aromatic rings. The Labute approximate surface area is 155 Å². The lowest BCUT2D eigenvalue weighted by Crippen LogP contribution is -2.27. The van der Waals surface area contributed by atoms with E-state index >= 15 is 0 Å². The molecule has 0 saturated carbocycles. The van der Waals surface area contributed by atoms with Crippen molar-refractivity contribution < 1.29 is 17.9 Å². The number of amides is 1. The number of hydrogen-bond acceptors (Lipinski definition) is 4. The van der Waals surface area contributed by atoms with Gasteiger partial charge in [-0.1, -0.05) is 28.1 Å². The molecular formula is C17H19BrN2O4S. The average Bonchev–Trinajstić information content (AvgIpc) is 2.61. The highest BCUT2D eigenvalue weighted by Crippen LogP contribution is 2.25. The van der Waals surface area contributed by atoms with Crippen LogP contribution in [0, 0.1) is 0 Å². The summed E-state index contributed by atoms with van der Waals surface area (Å²) < 4.78 is 32.4. The highest BCUT2D eigenvalue weighted by atomic mass is 79.9. The van der Waals surface area contributed by atoms with Crippen LogP contribution in [0.1, 0.15) is 28.9 Å². The lowest BCUT2D eigenvalue weighted by molar-refractivity contribution is 0.0939. The molecule has 0 aliphatic carbocycles. The van der Waals surface area contributed by atoms with Gasteiger partial charge in [0.05, 0.1) is 13.2 Å². The first kappa shape index (κ1) is 19.4. The minimum Gasteiger partial charge on any atom is -0.495 e. The van der Waals surface area contributed by atoms with Gasteiger partial charge in [0, 0.05) is 10.0 Å². The summed E-state index contributed by atoms with van der Waals surface area (Å²) in [6.07, 6.45) is 0. The fraction of sp³-hybridized carbons (Fsp3) is 0.235. The second kappa shape index (κ2) is 7.99. The number of methoxy groups -OCH3 is 1. The molecule has 1 atom stereocenters. The topological polar surface area (TPSA) is 84.5 Å². The molecule has 6 nitrogen and oxygen atoms in total. The molecule has 134 valence electrons. The van der Waals surface area contributed by atoms with Gasteiger partial charge < -0.3 is 10.1 Å². The second-order valence-corrected chi connectivity index (χ2v) is 8.09. The number of carbonyl (C=O) groups is 1. The van der Waals surface area contributed by atoms with Gasteiger partial charge in [0.25, 0.3) is 5.91 Å². The number of benzene rings is 2. The van der Waals surface area contributed by atoms with E-state index in [2.05, 4.69) is 26.0 Å². The largest absolute Gasteiger partial charge is 0.495 e. The van der Waals surface area contributed by atoms with E-state index in [1.54, 1.807) is 0 Å². The van der Waals surface area contributed by atoms with E-state index in [-0.39, 0.29) is 28.2 Å². The molecule has 2 rings (SSSR count). The summed E-state index contributed by atoms with van der Waals surface area (Å²) >= 11 is 3.40. The van der Waals surface area contributed by atoms with Crippen LogP contribution in [0.2, 0.25) is 0 Å². The average molecular weight is 427 g/mol. The fourth-order valence-corrected chi connectivity index (χ4v) is 3.61. The van der Waals surface area contributed by atoms with Crippen molar-refractivity contribution >= 4 is 31.9 Å². The van der Waals surface area contributed by atoms with Crippen LogP contribution < -0.4 is 14.8 Å². The van der Waals surface area contributed by atoms with Crippen molar-refractivity contribution in [1.29, 1.82) is 0 Å². The maximum Gasteiger partial charge on any atom is 0.251 e. The zero-order chi connectivity index (χ0) is 18.6. The van der Waals surface area contributed by atoms with Gasteiger partial charge in [0.15, 0.2) is 0 Å². The number of ether oxygens (including phenoxy) is 1. The molecule has 2 N–H and O–H groups in total. The van der Waals surface area contributed by atoms with Crippen LogP contribution in [0.3, 0.4) is 0 Å². The van der Waals surface area contributed by atoms with E-state index in [0.717, 1.165) is 10.0 Å². The van der Waals surface area contributed by atoms with Gasteiger partial charge >= 0.3 is 0 Å². The van der Waals surface area contributed by atoms with Crippen LogP contribution >= 0.6 is 15.9 Å². The number of halogens is 1. The van der Waals surface area contributed by atoms with Crippen molar-refractivity contribution in [3.8, 4) is 5.75 Å². The number of carbonyl (C=O) groups excluding carboxylic acids is 1. The smallest absolute Gasteiger partial charge is 0.251 e. The number of hydrogen-bond donors (Lipinski definition) is 2. The predicted molar refractivity (Wildman–Crippen MR) is 99.3 cm³/mol. The molecule has 0 aromatic heterocycles. The van der Waals surface area contributed by atoms with Gasteiger partial charge in [0.1, 0.15) is 10.6 Å². The maximum atomic E-state index is 12.5. The molecular weight excluding hydrogens is 408 g/mol. The van der Waals surface area contributed by atoms with E-state index in [9.17, 15) is 13.2 Å². The third kappa shape index (κ3) is 4.59. The highest BCUT2D eigenvalue weighted by Gasteiger charge is 2.21. The lowest BCUT2D eigenvalue weighted by atomic mass is 10.1. The van der Waals surface area contributed by atoms with Gasteiger partial charge in [-0.3, -0.25) is 4.79 Å². The summed E-state index contributed by atoms with van der Waals surface area (Å²) in [4.78, 5) is 12.4. The number of sulfonamides is 1. The monoisotopic (exact) mass is 426 g/mol. The molecule has 0 heterocycles. The van der Waals surface area contributed by atoms with E-state index in [0.29, 0.717) is 0 Å². The standard InChI is InChI=1S/C17H19BrN2O4S/c1-11(12-5-4-6-14(18)9-12)20-17(21)13-7-8-15(24-3)16(10-13)25(22,23)19-2/h4-11,19H,1-3H3,(H,20,21)/t11-/m1/s1. The maximum absolute atomic E-state index is 12.5. The van der Waals surface area contributed by atoms with E-state index < -0.39 is 10.0 Å². The molecule has 0 unspecified atom stereocenters. The van der Waals surface area contributed by atoms with Crippen LogP contribution in [-0.4, -0.2) is 28.5 Å². The third-order valence-electron chi connectivity index (χ3n) is 3.68. The van der Waals surface area contributed by atoms with Crippen LogP contribution in [0.5, 0.6) is 5.75 Å². The Kier molecular flexibility index (Phi) is 6.21. The molecule has 25 heavy (non-hydrogen) atoms. The van der Waals surface area contributed by atoms with Crippen LogP contribution in [0.15, 0.2) is 51.8 Å². The first-order valence-electron chi connectivity index (χ1n) is 7.46. The fourth-order valence-electron chi connectivity index (χ4n) is 2.28. The molecule has 8 heteroatoms. The van der Waals surface area contributed by atoms with Gasteiger partial charge in [-0.25, -0.2) is 13.1 Å². The Morgan fingerprint density at radius 1 is 1.20 bits per heavy atom. The predicted octanol–water partition coefficient (Wildman–Crippen LogP) is 2.86. The molecule has 0 radical (unpaired) electrons. The summed E-state index contributed by atoms with van der Waals surface area (Å²) in [7, 11) is -1.07. The molecule has 0 bridgehead atoms. The normalized spacial score (nSPS) is 12.5. The van der Waals surface area contributed by atoms with Crippen molar-refractivity contribution in [3.63, 3.8) is 0 Å². The zero-order valence-corrected chi connectivity index (χ0v) is 16.4. The van der Waals surface area contributed by atoms with Crippen molar-refractivity contribution in [2.75, 3.05) is 14.2 Å². The summed E-state index contributed by atoms with van der Waals surface area (Å²) in [6.45, 7) is 1.86. The SMILES string of the molecule is CNS(=O)(=O)c1cc(C(=O)N[C@H](C)c2cccc(Br)c2)ccc1OC. The van der Waals surface area contributed by atoms with Gasteiger partial charge in [-0.05, 0) is 49.9 Å².